The first-order valence-electron chi connectivity index (χ1n) is 4.63. The Morgan fingerprint density at radius 3 is 2.77 bits per heavy atom. The Kier molecular flexibility index (Phi) is 1.83. The minimum Gasteiger partial charge on any atom is -0.357 e. The molecule has 0 amide bonds. The Balaban J connectivity index is 2.61. The molecule has 2 heterocycles. The summed E-state index contributed by atoms with van der Waals surface area (Å²) in [6, 6.07) is 6.27. The Bertz CT molecular complexity index is 427. The van der Waals surface area contributed by atoms with Crippen LogP contribution in [0, 0.1) is 6.92 Å². The van der Waals surface area contributed by atoms with Crippen LogP contribution in [-0.2, 0) is 0 Å². The second kappa shape index (κ2) is 2.87. The van der Waals surface area contributed by atoms with Crippen LogP contribution < -0.4 is 0 Å². The van der Waals surface area contributed by atoms with Gasteiger partial charge in [-0.05, 0) is 31.0 Å². The van der Waals surface area contributed by atoms with Gasteiger partial charge in [0.15, 0.2) is 0 Å². The van der Waals surface area contributed by atoms with Crippen LogP contribution in [0.2, 0.25) is 0 Å². The first kappa shape index (κ1) is 8.30. The second-order valence-electron chi connectivity index (χ2n) is 3.78. The van der Waals surface area contributed by atoms with E-state index in [2.05, 4.69) is 48.9 Å². The molecule has 0 unspecified atom stereocenters. The summed E-state index contributed by atoms with van der Waals surface area (Å²) in [5, 5.41) is 0. The Morgan fingerprint density at radius 1 is 1.31 bits per heavy atom. The molecule has 0 aromatic carbocycles. The highest BCUT2D eigenvalue weighted by Crippen LogP contribution is 2.17. The number of fused-ring (bicyclic) bond motifs is 1. The van der Waals surface area contributed by atoms with E-state index in [1.54, 1.807) is 0 Å². The number of H-pyrrole nitrogens is 1. The number of rotatable bonds is 1. The second-order valence-corrected chi connectivity index (χ2v) is 3.78. The number of aromatic amines is 1. The third kappa shape index (κ3) is 1.44. The summed E-state index contributed by atoms with van der Waals surface area (Å²) in [5.41, 5.74) is 4.53. The number of hydrogen-bond acceptors (Lipinski definition) is 1. The van der Waals surface area contributed by atoms with Gasteiger partial charge in [-0.3, -0.25) is 4.98 Å². The molecule has 0 saturated carbocycles. The van der Waals surface area contributed by atoms with E-state index in [0.29, 0.717) is 5.92 Å². The molecule has 2 aromatic heterocycles. The minimum atomic E-state index is 0.500. The van der Waals surface area contributed by atoms with Gasteiger partial charge in [-0.1, -0.05) is 13.8 Å². The average molecular weight is 174 g/mol. The van der Waals surface area contributed by atoms with E-state index in [-0.39, 0.29) is 0 Å². The Hall–Kier alpha value is -1.31. The van der Waals surface area contributed by atoms with Crippen molar-refractivity contribution in [2.45, 2.75) is 26.7 Å². The summed E-state index contributed by atoms with van der Waals surface area (Å²) < 4.78 is 0. The van der Waals surface area contributed by atoms with Crippen LogP contribution in [0.5, 0.6) is 0 Å². The molecule has 0 bridgehead atoms. The first-order valence-corrected chi connectivity index (χ1v) is 4.63. The van der Waals surface area contributed by atoms with Crippen LogP contribution >= 0.6 is 0 Å². The maximum absolute atomic E-state index is 4.56. The van der Waals surface area contributed by atoms with Gasteiger partial charge in [0.2, 0.25) is 0 Å². The molecule has 0 saturated heterocycles. The molecule has 0 aliphatic heterocycles. The first-order chi connectivity index (χ1) is 6.16. The van der Waals surface area contributed by atoms with Gasteiger partial charge in [-0.15, -0.1) is 0 Å². The largest absolute Gasteiger partial charge is 0.357 e. The van der Waals surface area contributed by atoms with Crippen LogP contribution in [0.25, 0.3) is 11.0 Å². The van der Waals surface area contributed by atoms with Gasteiger partial charge in [0.05, 0.1) is 11.0 Å². The van der Waals surface area contributed by atoms with Crippen LogP contribution in [0.1, 0.15) is 31.2 Å². The lowest BCUT2D eigenvalue weighted by molar-refractivity contribution is 0.830. The van der Waals surface area contributed by atoms with Crippen LogP contribution in [0.4, 0.5) is 0 Å². The zero-order valence-corrected chi connectivity index (χ0v) is 8.26. The van der Waals surface area contributed by atoms with E-state index >= 15 is 0 Å². The molecule has 2 aromatic rings. The van der Waals surface area contributed by atoms with E-state index in [1.165, 1.54) is 5.69 Å². The van der Waals surface area contributed by atoms with Crippen molar-refractivity contribution < 1.29 is 0 Å². The van der Waals surface area contributed by atoms with Crippen molar-refractivity contribution in [1.29, 1.82) is 0 Å². The maximum atomic E-state index is 4.56. The fourth-order valence-corrected chi connectivity index (χ4v) is 1.48. The monoisotopic (exact) mass is 174 g/mol. The number of aromatic nitrogens is 2. The van der Waals surface area contributed by atoms with E-state index in [9.17, 15) is 0 Å². The van der Waals surface area contributed by atoms with Crippen molar-refractivity contribution in [3.8, 4) is 0 Å². The molecule has 2 rings (SSSR count). The van der Waals surface area contributed by atoms with Crippen LogP contribution in [0.3, 0.4) is 0 Å². The Morgan fingerprint density at radius 2 is 2.08 bits per heavy atom. The van der Waals surface area contributed by atoms with Gasteiger partial charge in [-0.25, -0.2) is 0 Å². The molecule has 1 N–H and O–H groups in total. The Labute approximate surface area is 78.0 Å². The van der Waals surface area contributed by atoms with Gasteiger partial charge < -0.3 is 4.98 Å². The highest BCUT2D eigenvalue weighted by molar-refractivity contribution is 5.76. The lowest BCUT2D eigenvalue weighted by Crippen LogP contribution is -1.90. The SMILES string of the molecule is Cc1cc2nc(C(C)C)ccc2[nH]1. The van der Waals surface area contributed by atoms with E-state index < -0.39 is 0 Å². The molecule has 0 spiro atoms. The third-order valence-corrected chi connectivity index (χ3v) is 2.22. The quantitative estimate of drug-likeness (QED) is 0.707. The van der Waals surface area contributed by atoms with E-state index in [4.69, 9.17) is 0 Å². The van der Waals surface area contributed by atoms with Gasteiger partial charge >= 0.3 is 0 Å². The van der Waals surface area contributed by atoms with Crippen molar-refractivity contribution in [2.75, 3.05) is 0 Å². The molecule has 0 fully saturated rings. The van der Waals surface area contributed by atoms with Crippen molar-refractivity contribution in [3.63, 3.8) is 0 Å². The predicted octanol–water partition coefficient (Wildman–Crippen LogP) is 2.99. The predicted molar refractivity (Wildman–Crippen MR) is 54.9 cm³/mol. The topological polar surface area (TPSA) is 28.7 Å². The molecular weight excluding hydrogens is 160 g/mol. The molecule has 0 aliphatic rings. The lowest BCUT2D eigenvalue weighted by Gasteiger charge is -2.02. The van der Waals surface area contributed by atoms with Crippen LogP contribution in [-0.4, -0.2) is 9.97 Å². The zero-order chi connectivity index (χ0) is 9.42. The number of aryl methyl sites for hydroxylation is 1. The number of hydrogen-bond donors (Lipinski definition) is 1. The maximum Gasteiger partial charge on any atom is 0.0884 e. The molecule has 0 atom stereocenters. The summed E-state index contributed by atoms with van der Waals surface area (Å²) in [6.45, 7) is 6.37. The summed E-state index contributed by atoms with van der Waals surface area (Å²) in [7, 11) is 0. The zero-order valence-electron chi connectivity index (χ0n) is 8.26. The average Bonchev–Trinajstić information content (AvgIpc) is 2.42. The fourth-order valence-electron chi connectivity index (χ4n) is 1.48. The lowest BCUT2D eigenvalue weighted by atomic mass is 10.1. The van der Waals surface area contributed by atoms with Crippen molar-refractivity contribution in [3.05, 3.63) is 29.6 Å². The van der Waals surface area contributed by atoms with Gasteiger partial charge in [0, 0.05) is 11.4 Å². The number of nitrogens with one attached hydrogen (secondary N) is 1. The molecule has 13 heavy (non-hydrogen) atoms. The molecule has 0 radical (unpaired) electrons. The van der Waals surface area contributed by atoms with Gasteiger partial charge in [0.1, 0.15) is 0 Å². The van der Waals surface area contributed by atoms with Crippen molar-refractivity contribution in [2.24, 2.45) is 0 Å². The summed E-state index contributed by atoms with van der Waals surface area (Å²) in [5.74, 6) is 0.500. The molecule has 0 aliphatic carbocycles. The third-order valence-electron chi connectivity index (χ3n) is 2.22. The summed E-state index contributed by atoms with van der Waals surface area (Å²) in [4.78, 5) is 7.83. The normalized spacial score (nSPS) is 11.4. The molecule has 68 valence electrons. The summed E-state index contributed by atoms with van der Waals surface area (Å²) >= 11 is 0. The van der Waals surface area contributed by atoms with E-state index in [0.717, 1.165) is 16.7 Å². The molecule has 2 nitrogen and oxygen atoms in total. The molecule has 2 heteroatoms. The standard InChI is InChI=1S/C11H14N2/c1-7(2)9-4-5-10-11(13-9)6-8(3)12-10/h4-7,12H,1-3H3. The highest BCUT2D eigenvalue weighted by Gasteiger charge is 2.03. The smallest absolute Gasteiger partial charge is 0.0884 e. The van der Waals surface area contributed by atoms with E-state index in [1.807, 2.05) is 0 Å². The van der Waals surface area contributed by atoms with Crippen molar-refractivity contribution in [1.82, 2.24) is 9.97 Å². The number of pyridine rings is 1. The molecular formula is C11H14N2. The van der Waals surface area contributed by atoms with Gasteiger partial charge in [-0.2, -0.15) is 0 Å². The van der Waals surface area contributed by atoms with Gasteiger partial charge in [0.25, 0.3) is 0 Å². The van der Waals surface area contributed by atoms with Crippen molar-refractivity contribution >= 4 is 11.0 Å². The number of nitrogens with zero attached hydrogens (tertiary/aromatic N) is 1. The summed E-state index contributed by atoms with van der Waals surface area (Å²) in [6.07, 6.45) is 0. The minimum absolute atomic E-state index is 0.500. The van der Waals surface area contributed by atoms with Crippen LogP contribution in [0.15, 0.2) is 18.2 Å². The fraction of sp³-hybridized carbons (Fsp3) is 0.364. The highest BCUT2D eigenvalue weighted by atomic mass is 14.8.